The quantitative estimate of drug-likeness (QED) is 0.908. The fourth-order valence-electron chi connectivity index (χ4n) is 3.37. The van der Waals surface area contributed by atoms with Crippen LogP contribution in [-0.4, -0.2) is 12.6 Å². The maximum absolute atomic E-state index is 6.17. The lowest BCUT2D eigenvalue weighted by Crippen LogP contribution is -2.31. The van der Waals surface area contributed by atoms with Crippen molar-refractivity contribution in [3.05, 3.63) is 71.8 Å². The summed E-state index contributed by atoms with van der Waals surface area (Å²) in [5, 5.41) is 0. The molecule has 0 bridgehead atoms. The number of benzene rings is 2. The molecule has 1 aliphatic rings. The summed E-state index contributed by atoms with van der Waals surface area (Å²) in [6.45, 7) is 1.42. The summed E-state index contributed by atoms with van der Waals surface area (Å²) in [5.41, 5.74) is 8.86. The second-order valence-corrected chi connectivity index (χ2v) is 6.13. The van der Waals surface area contributed by atoms with Gasteiger partial charge >= 0.3 is 0 Å². The van der Waals surface area contributed by atoms with Gasteiger partial charge < -0.3 is 10.5 Å². The van der Waals surface area contributed by atoms with Crippen LogP contribution in [0.5, 0.6) is 0 Å². The van der Waals surface area contributed by atoms with Gasteiger partial charge in [0.1, 0.15) is 0 Å². The van der Waals surface area contributed by atoms with E-state index in [0.717, 1.165) is 25.9 Å². The smallest absolute Gasteiger partial charge is 0.0717 e. The van der Waals surface area contributed by atoms with Crippen LogP contribution >= 0.6 is 0 Å². The van der Waals surface area contributed by atoms with E-state index in [2.05, 4.69) is 54.6 Å². The van der Waals surface area contributed by atoms with Gasteiger partial charge in [-0.1, -0.05) is 60.7 Å². The first-order chi connectivity index (χ1) is 10.3. The molecule has 0 saturated heterocycles. The molecule has 2 aromatic rings. The van der Waals surface area contributed by atoms with Crippen molar-refractivity contribution in [1.82, 2.24) is 0 Å². The van der Waals surface area contributed by atoms with E-state index in [-0.39, 0.29) is 5.41 Å². The molecule has 1 fully saturated rings. The topological polar surface area (TPSA) is 35.2 Å². The van der Waals surface area contributed by atoms with Gasteiger partial charge in [0.15, 0.2) is 0 Å². The van der Waals surface area contributed by atoms with Gasteiger partial charge in [-0.15, -0.1) is 0 Å². The molecule has 2 unspecified atom stereocenters. The molecule has 110 valence electrons. The normalized spacial score (nSPS) is 25.1. The highest BCUT2D eigenvalue weighted by Crippen LogP contribution is 2.40. The van der Waals surface area contributed by atoms with Crippen LogP contribution in [0, 0.1) is 0 Å². The van der Waals surface area contributed by atoms with E-state index < -0.39 is 0 Å². The predicted molar refractivity (Wildman–Crippen MR) is 86.0 cm³/mol. The Morgan fingerprint density at radius 2 is 1.67 bits per heavy atom. The Kier molecular flexibility index (Phi) is 4.37. The molecule has 0 aromatic heterocycles. The van der Waals surface area contributed by atoms with Crippen molar-refractivity contribution in [2.24, 2.45) is 5.73 Å². The second-order valence-electron chi connectivity index (χ2n) is 6.13. The molecule has 0 aliphatic heterocycles. The van der Waals surface area contributed by atoms with Crippen molar-refractivity contribution in [3.8, 4) is 0 Å². The van der Waals surface area contributed by atoms with Gasteiger partial charge in [-0.3, -0.25) is 0 Å². The molecular formula is C19H23NO. The Morgan fingerprint density at radius 1 is 1.00 bits per heavy atom. The number of nitrogens with two attached hydrogens (primary N) is 1. The van der Waals surface area contributed by atoms with Crippen molar-refractivity contribution < 1.29 is 4.74 Å². The number of ether oxygens (including phenoxy) is 1. The minimum Gasteiger partial charge on any atom is -0.376 e. The van der Waals surface area contributed by atoms with Crippen molar-refractivity contribution in [2.75, 3.05) is 6.61 Å². The lowest BCUT2D eigenvalue weighted by Gasteiger charge is -2.29. The summed E-state index contributed by atoms with van der Waals surface area (Å²) in [4.78, 5) is 0. The highest BCUT2D eigenvalue weighted by atomic mass is 16.5. The highest BCUT2D eigenvalue weighted by molar-refractivity contribution is 5.27. The Morgan fingerprint density at radius 3 is 2.29 bits per heavy atom. The van der Waals surface area contributed by atoms with Crippen LogP contribution in [0.1, 0.15) is 30.4 Å². The predicted octanol–water partition coefficient (Wildman–Crippen LogP) is 3.65. The van der Waals surface area contributed by atoms with Crippen molar-refractivity contribution >= 4 is 0 Å². The number of hydrogen-bond acceptors (Lipinski definition) is 2. The van der Waals surface area contributed by atoms with E-state index in [9.17, 15) is 0 Å². The first-order valence-electron chi connectivity index (χ1n) is 7.71. The summed E-state index contributed by atoms with van der Waals surface area (Å²) in [7, 11) is 0. The van der Waals surface area contributed by atoms with Crippen LogP contribution in [-0.2, 0) is 16.8 Å². The number of hydrogen-bond donors (Lipinski definition) is 1. The van der Waals surface area contributed by atoms with E-state index in [1.165, 1.54) is 11.1 Å². The van der Waals surface area contributed by atoms with Crippen LogP contribution in [0.15, 0.2) is 60.7 Å². The highest BCUT2D eigenvalue weighted by Gasteiger charge is 2.39. The summed E-state index contributed by atoms with van der Waals surface area (Å²) in [5.74, 6) is 0. The second kappa shape index (κ2) is 6.42. The van der Waals surface area contributed by atoms with E-state index in [0.29, 0.717) is 12.6 Å². The average Bonchev–Trinajstić information content (AvgIpc) is 2.92. The van der Waals surface area contributed by atoms with E-state index >= 15 is 0 Å². The van der Waals surface area contributed by atoms with E-state index in [1.807, 2.05) is 6.07 Å². The monoisotopic (exact) mass is 281 g/mol. The molecule has 0 amide bonds. The average molecular weight is 281 g/mol. The summed E-state index contributed by atoms with van der Waals surface area (Å²) in [6, 6.07) is 21.4. The van der Waals surface area contributed by atoms with Crippen molar-refractivity contribution in [2.45, 2.75) is 37.3 Å². The Bertz CT molecular complexity index is 554. The third kappa shape index (κ3) is 3.34. The van der Waals surface area contributed by atoms with E-state index in [4.69, 9.17) is 10.5 Å². The van der Waals surface area contributed by atoms with Gasteiger partial charge in [0, 0.05) is 11.5 Å². The van der Waals surface area contributed by atoms with Gasteiger partial charge in [0.2, 0.25) is 0 Å². The third-order valence-corrected chi connectivity index (χ3v) is 4.52. The van der Waals surface area contributed by atoms with Gasteiger partial charge in [0.25, 0.3) is 0 Å². The molecule has 3 rings (SSSR count). The standard InChI is InChI=1S/C19H23NO/c20-18-11-12-19(13-18,17-9-5-2-6-10-17)15-21-14-16-7-3-1-4-8-16/h1-10,18H,11-15,20H2. The minimum absolute atomic E-state index is 0.0927. The van der Waals surface area contributed by atoms with Crippen LogP contribution in [0.3, 0.4) is 0 Å². The van der Waals surface area contributed by atoms with Crippen LogP contribution in [0.4, 0.5) is 0 Å². The molecule has 0 spiro atoms. The first-order valence-corrected chi connectivity index (χ1v) is 7.71. The summed E-state index contributed by atoms with van der Waals surface area (Å²) >= 11 is 0. The Balaban J connectivity index is 1.69. The zero-order valence-corrected chi connectivity index (χ0v) is 12.4. The summed E-state index contributed by atoms with van der Waals surface area (Å²) in [6.07, 6.45) is 3.22. The third-order valence-electron chi connectivity index (χ3n) is 4.52. The number of rotatable bonds is 5. The maximum Gasteiger partial charge on any atom is 0.0717 e. The molecule has 2 atom stereocenters. The zero-order valence-electron chi connectivity index (χ0n) is 12.4. The van der Waals surface area contributed by atoms with Gasteiger partial charge in [0.05, 0.1) is 13.2 Å². The van der Waals surface area contributed by atoms with Gasteiger partial charge in [-0.2, -0.15) is 0 Å². The molecule has 0 radical (unpaired) electrons. The fraction of sp³-hybridized carbons (Fsp3) is 0.368. The van der Waals surface area contributed by atoms with Crippen LogP contribution in [0.2, 0.25) is 0 Å². The largest absolute Gasteiger partial charge is 0.376 e. The minimum atomic E-state index is 0.0927. The maximum atomic E-state index is 6.17. The molecule has 1 saturated carbocycles. The van der Waals surface area contributed by atoms with Crippen LogP contribution < -0.4 is 5.73 Å². The lowest BCUT2D eigenvalue weighted by atomic mass is 9.79. The molecule has 1 aliphatic carbocycles. The zero-order chi connectivity index (χ0) is 14.5. The van der Waals surface area contributed by atoms with Gasteiger partial charge in [-0.05, 0) is 30.4 Å². The van der Waals surface area contributed by atoms with E-state index in [1.54, 1.807) is 0 Å². The molecule has 21 heavy (non-hydrogen) atoms. The molecule has 0 heterocycles. The molecule has 2 nitrogen and oxygen atoms in total. The Hall–Kier alpha value is -1.64. The van der Waals surface area contributed by atoms with Crippen LogP contribution in [0.25, 0.3) is 0 Å². The Labute approximate surface area is 126 Å². The molecule has 2 heteroatoms. The van der Waals surface area contributed by atoms with Crippen molar-refractivity contribution in [1.29, 1.82) is 0 Å². The lowest BCUT2D eigenvalue weighted by molar-refractivity contribution is 0.0715. The molecular weight excluding hydrogens is 258 g/mol. The van der Waals surface area contributed by atoms with Gasteiger partial charge in [-0.25, -0.2) is 0 Å². The molecule has 2 aromatic carbocycles. The molecule has 2 N–H and O–H groups in total. The first kappa shape index (κ1) is 14.3. The fourth-order valence-corrected chi connectivity index (χ4v) is 3.37. The summed E-state index contributed by atoms with van der Waals surface area (Å²) < 4.78 is 6.05. The van der Waals surface area contributed by atoms with Crippen molar-refractivity contribution in [3.63, 3.8) is 0 Å². The SMILES string of the molecule is NC1CCC(COCc2ccccc2)(c2ccccc2)C1.